The van der Waals surface area contributed by atoms with E-state index in [0.29, 0.717) is 0 Å². The number of allylic oxidation sites excluding steroid dienone is 8. The van der Waals surface area contributed by atoms with E-state index in [9.17, 15) is 0 Å². The molecule has 0 radical (unpaired) electrons. The number of hydrogen-bond donors (Lipinski definition) is 0. The summed E-state index contributed by atoms with van der Waals surface area (Å²) < 4.78 is 0. The van der Waals surface area contributed by atoms with Crippen molar-refractivity contribution < 1.29 is 0 Å². The van der Waals surface area contributed by atoms with E-state index < -0.39 is 0 Å². The topological polar surface area (TPSA) is 0 Å². The molecule has 0 heterocycles. The van der Waals surface area contributed by atoms with Gasteiger partial charge in [-0.2, -0.15) is 0 Å². The smallest absolute Gasteiger partial charge is 0.0308 e. The van der Waals surface area contributed by atoms with E-state index in [0.717, 1.165) is 17.6 Å². The molecular weight excluding hydrogens is 180 g/mol. The largest absolute Gasteiger partial charge is 0.0961 e. The van der Waals surface area contributed by atoms with Crippen LogP contribution < -0.4 is 0 Å². The second-order valence-corrected chi connectivity index (χ2v) is 3.75. The standard InChI is InChI=1S/C15H22/c1-7-15(8-2)14(6)11-13(5)10-9-12(3)4/h7,9-11H,3,5,8H2,1-2,4,6H3/b10-9+,14-11-,15-7?. The lowest BCUT2D eigenvalue weighted by molar-refractivity contribution is 1.10. The summed E-state index contributed by atoms with van der Waals surface area (Å²) in [6.07, 6.45) is 9.30. The van der Waals surface area contributed by atoms with Crippen molar-refractivity contribution in [3.63, 3.8) is 0 Å². The van der Waals surface area contributed by atoms with Gasteiger partial charge in [-0.25, -0.2) is 0 Å². The molecule has 0 aromatic carbocycles. The Labute approximate surface area is 94.4 Å². The third-order valence-electron chi connectivity index (χ3n) is 2.22. The summed E-state index contributed by atoms with van der Waals surface area (Å²) in [5.41, 5.74) is 4.73. The fraction of sp³-hybridized carbons (Fsp3) is 0.333. The van der Waals surface area contributed by atoms with Crippen LogP contribution in [0.2, 0.25) is 0 Å². The molecule has 0 aromatic rings. The molecule has 82 valence electrons. The van der Waals surface area contributed by atoms with Gasteiger partial charge in [0, 0.05) is 0 Å². The minimum absolute atomic E-state index is 1.02. The molecule has 15 heavy (non-hydrogen) atoms. The molecule has 0 aliphatic rings. The highest BCUT2D eigenvalue weighted by Crippen LogP contribution is 2.15. The van der Waals surface area contributed by atoms with Gasteiger partial charge >= 0.3 is 0 Å². The van der Waals surface area contributed by atoms with E-state index >= 15 is 0 Å². The molecule has 0 heteroatoms. The third-order valence-corrected chi connectivity index (χ3v) is 2.22. The highest BCUT2D eigenvalue weighted by Gasteiger charge is 1.95. The molecule has 0 bridgehead atoms. The van der Waals surface area contributed by atoms with Crippen LogP contribution in [0, 0.1) is 0 Å². The highest BCUT2D eigenvalue weighted by molar-refractivity contribution is 5.39. The lowest BCUT2D eigenvalue weighted by Crippen LogP contribution is -1.83. The van der Waals surface area contributed by atoms with Crippen molar-refractivity contribution >= 4 is 0 Å². The quantitative estimate of drug-likeness (QED) is 0.552. The third kappa shape index (κ3) is 5.90. The molecule has 0 atom stereocenters. The van der Waals surface area contributed by atoms with Crippen LogP contribution in [0.5, 0.6) is 0 Å². The maximum absolute atomic E-state index is 3.99. The summed E-state index contributed by atoms with van der Waals surface area (Å²) in [6.45, 7) is 16.1. The van der Waals surface area contributed by atoms with Crippen molar-refractivity contribution in [3.05, 3.63) is 59.8 Å². The van der Waals surface area contributed by atoms with Gasteiger partial charge < -0.3 is 0 Å². The zero-order valence-corrected chi connectivity index (χ0v) is 10.4. The summed E-state index contributed by atoms with van der Waals surface area (Å²) in [7, 11) is 0. The Morgan fingerprint density at radius 3 is 2.13 bits per heavy atom. The second-order valence-electron chi connectivity index (χ2n) is 3.75. The fourth-order valence-corrected chi connectivity index (χ4v) is 1.38. The van der Waals surface area contributed by atoms with Crippen molar-refractivity contribution in [1.82, 2.24) is 0 Å². The van der Waals surface area contributed by atoms with Crippen molar-refractivity contribution in [2.24, 2.45) is 0 Å². The maximum Gasteiger partial charge on any atom is -0.0308 e. The van der Waals surface area contributed by atoms with Crippen LogP contribution in [0.25, 0.3) is 0 Å². The van der Waals surface area contributed by atoms with Crippen LogP contribution >= 0.6 is 0 Å². The van der Waals surface area contributed by atoms with Gasteiger partial charge in [0.25, 0.3) is 0 Å². The van der Waals surface area contributed by atoms with Crippen LogP contribution in [0.1, 0.15) is 34.1 Å². The first-order chi connectivity index (χ1) is 7.01. The lowest BCUT2D eigenvalue weighted by Gasteiger charge is -2.04. The molecule has 0 aromatic heterocycles. The molecule has 0 aliphatic carbocycles. The van der Waals surface area contributed by atoms with Gasteiger partial charge in [-0.3, -0.25) is 0 Å². The lowest BCUT2D eigenvalue weighted by atomic mass is 10.0. The Bertz CT molecular complexity index is 322. The Morgan fingerprint density at radius 1 is 1.13 bits per heavy atom. The van der Waals surface area contributed by atoms with E-state index in [1.165, 1.54) is 11.1 Å². The molecule has 0 amide bonds. The zero-order valence-electron chi connectivity index (χ0n) is 10.4. The van der Waals surface area contributed by atoms with E-state index in [1.54, 1.807) is 0 Å². The molecule has 0 N–H and O–H groups in total. The van der Waals surface area contributed by atoms with E-state index in [-0.39, 0.29) is 0 Å². The highest BCUT2D eigenvalue weighted by atomic mass is 14.0. The molecule has 0 aliphatic heterocycles. The molecule has 0 fully saturated rings. The van der Waals surface area contributed by atoms with Gasteiger partial charge in [-0.1, -0.05) is 50.0 Å². The summed E-state index contributed by atoms with van der Waals surface area (Å²) in [4.78, 5) is 0. The first kappa shape index (κ1) is 13.7. The molecule has 0 saturated heterocycles. The molecular formula is C15H22. The van der Waals surface area contributed by atoms with Crippen LogP contribution in [-0.2, 0) is 0 Å². The maximum atomic E-state index is 3.99. The summed E-state index contributed by atoms with van der Waals surface area (Å²) in [5.74, 6) is 0. The van der Waals surface area contributed by atoms with E-state index in [4.69, 9.17) is 0 Å². The summed E-state index contributed by atoms with van der Waals surface area (Å²) in [5, 5.41) is 0. The average molecular weight is 202 g/mol. The minimum atomic E-state index is 1.02. The number of rotatable bonds is 5. The SMILES string of the molecule is C=C(C)/C=C/C(=C)/C=C(/C)C(=CC)CC. The Kier molecular flexibility index (Phi) is 6.44. The van der Waals surface area contributed by atoms with Crippen LogP contribution in [0.15, 0.2) is 59.8 Å². The van der Waals surface area contributed by atoms with Gasteiger partial charge in [-0.15, -0.1) is 0 Å². The van der Waals surface area contributed by atoms with E-state index in [2.05, 4.69) is 46.1 Å². The average Bonchev–Trinajstić information content (AvgIpc) is 2.16. The predicted molar refractivity (Wildman–Crippen MR) is 70.9 cm³/mol. The normalized spacial score (nSPS) is 13.3. The first-order valence-corrected chi connectivity index (χ1v) is 5.37. The van der Waals surface area contributed by atoms with Gasteiger partial charge in [0.15, 0.2) is 0 Å². The first-order valence-electron chi connectivity index (χ1n) is 5.37. The van der Waals surface area contributed by atoms with Crippen LogP contribution in [-0.4, -0.2) is 0 Å². The van der Waals surface area contributed by atoms with Crippen molar-refractivity contribution in [1.29, 1.82) is 0 Å². The van der Waals surface area contributed by atoms with Crippen LogP contribution in [0.4, 0.5) is 0 Å². The van der Waals surface area contributed by atoms with Gasteiger partial charge in [-0.05, 0) is 43.9 Å². The van der Waals surface area contributed by atoms with Gasteiger partial charge in [0.05, 0.1) is 0 Å². The number of hydrogen-bond acceptors (Lipinski definition) is 0. The van der Waals surface area contributed by atoms with Crippen molar-refractivity contribution in [3.8, 4) is 0 Å². The molecule has 0 spiro atoms. The molecule has 0 unspecified atom stereocenters. The molecule has 0 saturated carbocycles. The van der Waals surface area contributed by atoms with Gasteiger partial charge in [0.2, 0.25) is 0 Å². The Morgan fingerprint density at radius 2 is 1.73 bits per heavy atom. The fourth-order valence-electron chi connectivity index (χ4n) is 1.38. The van der Waals surface area contributed by atoms with Gasteiger partial charge in [0.1, 0.15) is 0 Å². The Balaban J connectivity index is 4.62. The minimum Gasteiger partial charge on any atom is -0.0961 e. The summed E-state index contributed by atoms with van der Waals surface area (Å²) in [6, 6.07) is 0. The Hall–Kier alpha value is -1.30. The van der Waals surface area contributed by atoms with Crippen LogP contribution in [0.3, 0.4) is 0 Å². The zero-order chi connectivity index (χ0) is 11.8. The molecule has 0 rings (SSSR count). The van der Waals surface area contributed by atoms with E-state index in [1.807, 2.05) is 19.1 Å². The monoisotopic (exact) mass is 202 g/mol. The molecule has 0 nitrogen and oxygen atoms in total. The second kappa shape index (κ2) is 7.05. The van der Waals surface area contributed by atoms with Crippen molar-refractivity contribution in [2.45, 2.75) is 34.1 Å². The van der Waals surface area contributed by atoms with Crippen molar-refractivity contribution in [2.75, 3.05) is 0 Å². The predicted octanol–water partition coefficient (Wildman–Crippen LogP) is 4.98. The summed E-state index contributed by atoms with van der Waals surface area (Å²) >= 11 is 0.